The minimum absolute atomic E-state index is 0.118. The Morgan fingerprint density at radius 2 is 2.25 bits per heavy atom. The molecule has 0 aromatic heterocycles. The molecule has 1 N–H and O–H groups in total. The van der Waals surface area contributed by atoms with E-state index in [2.05, 4.69) is 0 Å². The van der Waals surface area contributed by atoms with E-state index in [0.29, 0.717) is 0 Å². The summed E-state index contributed by atoms with van der Waals surface area (Å²) in [5, 5.41) is 17.3. The highest BCUT2D eigenvalue weighted by atomic mass is 19.1. The molecule has 0 aliphatic heterocycles. The molecule has 0 aliphatic carbocycles. The third-order valence-corrected chi connectivity index (χ3v) is 1.42. The Balaban J connectivity index is 3.38. The monoisotopic (exact) mass is 167 g/mol. The normalized spacial score (nSPS) is 9.08. The van der Waals surface area contributed by atoms with E-state index in [-0.39, 0.29) is 11.3 Å². The number of nitriles is 1. The summed E-state index contributed by atoms with van der Waals surface area (Å²) in [7, 11) is 1.33. The lowest BCUT2D eigenvalue weighted by atomic mass is 10.2. The van der Waals surface area contributed by atoms with Crippen molar-refractivity contribution in [3.8, 4) is 17.6 Å². The van der Waals surface area contributed by atoms with Crippen LogP contribution in [-0.2, 0) is 0 Å². The fraction of sp³-hybridized carbons (Fsp3) is 0.125. The summed E-state index contributed by atoms with van der Waals surface area (Å²) in [5.74, 6) is -1.38. The summed E-state index contributed by atoms with van der Waals surface area (Å²) in [6, 6.07) is 4.06. The Morgan fingerprint density at radius 3 is 2.75 bits per heavy atom. The average molecular weight is 167 g/mol. The van der Waals surface area contributed by atoms with Crippen molar-refractivity contribution < 1.29 is 14.2 Å². The number of phenolic OH excluding ortho intramolecular Hbond substituents is 1. The van der Waals surface area contributed by atoms with Gasteiger partial charge >= 0.3 is 0 Å². The maximum absolute atomic E-state index is 12.9. The van der Waals surface area contributed by atoms with Crippen LogP contribution in [0.3, 0.4) is 0 Å². The molecule has 0 aliphatic rings. The Labute approximate surface area is 68.6 Å². The average Bonchev–Trinajstić information content (AvgIpc) is 2.09. The standard InChI is InChI=1S/C8H6FNO2/c1-12-7-3-2-6(11)8(9)5(7)4-10/h2-3,11H,1H3. The molecule has 0 saturated heterocycles. The summed E-state index contributed by atoms with van der Waals surface area (Å²) >= 11 is 0. The molecule has 3 nitrogen and oxygen atoms in total. The van der Waals surface area contributed by atoms with Gasteiger partial charge in [0.1, 0.15) is 17.4 Å². The van der Waals surface area contributed by atoms with Crippen LogP contribution in [0.2, 0.25) is 0 Å². The van der Waals surface area contributed by atoms with E-state index in [1.807, 2.05) is 0 Å². The molecule has 4 heteroatoms. The first-order chi connectivity index (χ1) is 5.70. The lowest BCUT2D eigenvalue weighted by Gasteiger charge is -2.03. The van der Waals surface area contributed by atoms with Gasteiger partial charge in [-0.1, -0.05) is 0 Å². The highest BCUT2D eigenvalue weighted by Crippen LogP contribution is 2.26. The predicted octanol–water partition coefficient (Wildman–Crippen LogP) is 1.41. The minimum atomic E-state index is -0.947. The molecule has 0 radical (unpaired) electrons. The molecule has 0 fully saturated rings. The fourth-order valence-electron chi connectivity index (χ4n) is 0.822. The van der Waals surface area contributed by atoms with Gasteiger partial charge in [0.25, 0.3) is 0 Å². The Kier molecular flexibility index (Phi) is 2.15. The van der Waals surface area contributed by atoms with E-state index in [1.165, 1.54) is 13.2 Å². The fourth-order valence-corrected chi connectivity index (χ4v) is 0.822. The van der Waals surface area contributed by atoms with E-state index >= 15 is 0 Å². The highest BCUT2D eigenvalue weighted by molar-refractivity contribution is 5.48. The second-order valence-electron chi connectivity index (χ2n) is 2.09. The van der Waals surface area contributed by atoms with Crippen LogP contribution in [0.15, 0.2) is 12.1 Å². The first-order valence-corrected chi connectivity index (χ1v) is 3.16. The minimum Gasteiger partial charge on any atom is -0.505 e. The molecule has 0 spiro atoms. The number of hydrogen-bond donors (Lipinski definition) is 1. The van der Waals surface area contributed by atoms with Crippen LogP contribution in [0.4, 0.5) is 4.39 Å². The second-order valence-corrected chi connectivity index (χ2v) is 2.09. The maximum atomic E-state index is 12.9. The SMILES string of the molecule is COc1ccc(O)c(F)c1C#N. The number of phenols is 1. The van der Waals surface area contributed by atoms with Crippen LogP contribution >= 0.6 is 0 Å². The van der Waals surface area contributed by atoms with Gasteiger partial charge in [0.2, 0.25) is 0 Å². The van der Waals surface area contributed by atoms with Crippen molar-refractivity contribution in [2.75, 3.05) is 7.11 Å². The number of benzene rings is 1. The molecule has 1 aromatic rings. The smallest absolute Gasteiger partial charge is 0.186 e. The number of ether oxygens (including phenoxy) is 1. The van der Waals surface area contributed by atoms with Gasteiger partial charge in [-0.05, 0) is 12.1 Å². The Bertz CT molecular complexity index is 344. The molecule has 0 saturated carbocycles. The van der Waals surface area contributed by atoms with Crippen molar-refractivity contribution in [1.82, 2.24) is 0 Å². The van der Waals surface area contributed by atoms with Crippen molar-refractivity contribution in [3.63, 3.8) is 0 Å². The van der Waals surface area contributed by atoms with Gasteiger partial charge in [-0.2, -0.15) is 5.26 Å². The van der Waals surface area contributed by atoms with Crippen molar-refractivity contribution in [2.24, 2.45) is 0 Å². The molecule has 0 unspecified atom stereocenters. The molecular formula is C8H6FNO2. The topological polar surface area (TPSA) is 53.2 Å². The summed E-state index contributed by atoms with van der Waals surface area (Å²) in [5.41, 5.74) is -0.280. The number of halogens is 1. The van der Waals surface area contributed by atoms with E-state index in [1.54, 1.807) is 6.07 Å². The quantitative estimate of drug-likeness (QED) is 0.688. The van der Waals surface area contributed by atoms with Crippen molar-refractivity contribution in [1.29, 1.82) is 5.26 Å². The van der Waals surface area contributed by atoms with Crippen molar-refractivity contribution in [2.45, 2.75) is 0 Å². The molecular weight excluding hydrogens is 161 g/mol. The van der Waals surface area contributed by atoms with E-state index in [9.17, 15) is 4.39 Å². The van der Waals surface area contributed by atoms with Gasteiger partial charge < -0.3 is 9.84 Å². The van der Waals surface area contributed by atoms with Crippen LogP contribution < -0.4 is 4.74 Å². The molecule has 1 aromatic carbocycles. The third-order valence-electron chi connectivity index (χ3n) is 1.42. The molecule has 12 heavy (non-hydrogen) atoms. The van der Waals surface area contributed by atoms with E-state index in [0.717, 1.165) is 6.07 Å². The Hall–Kier alpha value is -1.76. The molecule has 0 heterocycles. The first-order valence-electron chi connectivity index (χ1n) is 3.16. The van der Waals surface area contributed by atoms with Gasteiger partial charge in [0, 0.05) is 0 Å². The molecule has 1 rings (SSSR count). The lowest BCUT2D eigenvalue weighted by Crippen LogP contribution is -1.91. The summed E-state index contributed by atoms with van der Waals surface area (Å²) < 4.78 is 17.6. The van der Waals surface area contributed by atoms with Crippen LogP contribution in [-0.4, -0.2) is 12.2 Å². The zero-order valence-electron chi connectivity index (χ0n) is 6.34. The van der Waals surface area contributed by atoms with Crippen LogP contribution in [0.1, 0.15) is 5.56 Å². The molecule has 0 amide bonds. The van der Waals surface area contributed by atoms with Gasteiger partial charge in [0.15, 0.2) is 11.6 Å². The molecule has 0 atom stereocenters. The van der Waals surface area contributed by atoms with E-state index in [4.69, 9.17) is 15.1 Å². The number of hydrogen-bond acceptors (Lipinski definition) is 3. The first kappa shape index (κ1) is 8.34. The maximum Gasteiger partial charge on any atom is 0.186 e. The summed E-state index contributed by atoms with van der Waals surface area (Å²) in [6.45, 7) is 0. The zero-order chi connectivity index (χ0) is 9.14. The van der Waals surface area contributed by atoms with Gasteiger partial charge in [-0.3, -0.25) is 0 Å². The summed E-state index contributed by atoms with van der Waals surface area (Å²) in [4.78, 5) is 0. The third kappa shape index (κ3) is 1.17. The number of aromatic hydroxyl groups is 1. The van der Waals surface area contributed by atoms with Gasteiger partial charge in [-0.15, -0.1) is 0 Å². The van der Waals surface area contributed by atoms with Gasteiger partial charge in [-0.25, -0.2) is 4.39 Å². The largest absolute Gasteiger partial charge is 0.505 e. The highest BCUT2D eigenvalue weighted by Gasteiger charge is 2.12. The molecule has 0 bridgehead atoms. The van der Waals surface area contributed by atoms with Crippen molar-refractivity contribution in [3.05, 3.63) is 23.5 Å². The van der Waals surface area contributed by atoms with Gasteiger partial charge in [0.05, 0.1) is 7.11 Å². The number of nitrogens with zero attached hydrogens (tertiary/aromatic N) is 1. The van der Waals surface area contributed by atoms with Crippen LogP contribution in [0.25, 0.3) is 0 Å². The zero-order valence-corrected chi connectivity index (χ0v) is 6.34. The van der Waals surface area contributed by atoms with E-state index < -0.39 is 11.6 Å². The predicted molar refractivity (Wildman–Crippen MR) is 39.3 cm³/mol. The Morgan fingerprint density at radius 1 is 1.58 bits per heavy atom. The molecule has 62 valence electrons. The second kappa shape index (κ2) is 3.09. The van der Waals surface area contributed by atoms with Crippen molar-refractivity contribution >= 4 is 0 Å². The van der Waals surface area contributed by atoms with Crippen LogP contribution in [0.5, 0.6) is 11.5 Å². The summed E-state index contributed by atoms with van der Waals surface area (Å²) in [6.07, 6.45) is 0. The van der Waals surface area contributed by atoms with Crippen LogP contribution in [0, 0.1) is 17.1 Å². The lowest BCUT2D eigenvalue weighted by molar-refractivity contribution is 0.397. The number of rotatable bonds is 1. The number of methoxy groups -OCH3 is 1.